The summed E-state index contributed by atoms with van der Waals surface area (Å²) in [6.45, 7) is 12.6. The summed E-state index contributed by atoms with van der Waals surface area (Å²) in [5.41, 5.74) is 3.97. The van der Waals surface area contributed by atoms with Crippen molar-refractivity contribution in [3.63, 3.8) is 0 Å². The predicted molar refractivity (Wildman–Crippen MR) is 97.7 cm³/mol. The maximum atomic E-state index is 11.4. The van der Waals surface area contributed by atoms with Gasteiger partial charge in [-0.05, 0) is 72.5 Å². The molecule has 0 radical (unpaired) electrons. The van der Waals surface area contributed by atoms with Crippen LogP contribution >= 0.6 is 0 Å². The zero-order chi connectivity index (χ0) is 18.4. The topological polar surface area (TPSA) is 61.6 Å². The van der Waals surface area contributed by atoms with Gasteiger partial charge in [-0.1, -0.05) is 0 Å². The molecule has 6 nitrogen and oxygen atoms in total. The molecule has 0 bridgehead atoms. The molecule has 0 aliphatic carbocycles. The summed E-state index contributed by atoms with van der Waals surface area (Å²) in [6, 6.07) is 0.0827. The van der Waals surface area contributed by atoms with Gasteiger partial charge < -0.3 is 5.11 Å². The molecule has 0 saturated carbocycles. The van der Waals surface area contributed by atoms with E-state index in [2.05, 4.69) is 37.3 Å². The van der Waals surface area contributed by atoms with Crippen molar-refractivity contribution >= 4 is 5.97 Å². The van der Waals surface area contributed by atoms with Crippen molar-refractivity contribution in [2.75, 3.05) is 26.7 Å². The van der Waals surface area contributed by atoms with E-state index in [1.165, 1.54) is 11.3 Å². The number of nitrogens with zero attached hydrogens (tertiary/aromatic N) is 4. The molecule has 2 aliphatic rings. The van der Waals surface area contributed by atoms with Gasteiger partial charge in [0.1, 0.15) is 6.04 Å². The summed E-state index contributed by atoms with van der Waals surface area (Å²) in [5.74, 6) is -0.672. The Morgan fingerprint density at radius 2 is 1.96 bits per heavy atom. The highest BCUT2D eigenvalue weighted by atomic mass is 16.4. The second kappa shape index (κ2) is 6.72. The first-order chi connectivity index (χ1) is 11.7. The minimum atomic E-state index is -0.672. The molecule has 140 valence electrons. The number of aryl methyl sites for hydroxylation is 1. The van der Waals surface area contributed by atoms with E-state index < -0.39 is 5.97 Å². The van der Waals surface area contributed by atoms with E-state index in [1.807, 2.05) is 11.9 Å². The highest BCUT2D eigenvalue weighted by Gasteiger charge is 2.46. The second-order valence-corrected chi connectivity index (χ2v) is 8.44. The van der Waals surface area contributed by atoms with Crippen LogP contribution in [0.3, 0.4) is 0 Å². The number of aliphatic carboxylic acids is 1. The Hall–Kier alpha value is -1.40. The van der Waals surface area contributed by atoms with E-state index in [4.69, 9.17) is 5.10 Å². The molecule has 6 heteroatoms. The number of piperidine rings is 1. The van der Waals surface area contributed by atoms with Crippen LogP contribution in [0.2, 0.25) is 0 Å². The van der Waals surface area contributed by atoms with E-state index in [-0.39, 0.29) is 11.5 Å². The Morgan fingerprint density at radius 1 is 1.32 bits per heavy atom. The highest BCUT2D eigenvalue weighted by molar-refractivity contribution is 5.74. The molecule has 3 rings (SSSR count). The lowest BCUT2D eigenvalue weighted by molar-refractivity contribution is -0.141. The fourth-order valence-electron chi connectivity index (χ4n) is 4.75. The Bertz CT molecular complexity index is 644. The summed E-state index contributed by atoms with van der Waals surface area (Å²) in [6.07, 6.45) is 2.99. The first kappa shape index (κ1) is 18.4. The zero-order valence-corrected chi connectivity index (χ0v) is 16.2. The summed E-state index contributed by atoms with van der Waals surface area (Å²) in [4.78, 5) is 16.0. The molecule has 2 aliphatic heterocycles. The number of hydrogen-bond donors (Lipinski definition) is 1. The van der Waals surface area contributed by atoms with E-state index >= 15 is 0 Å². The Kier molecular flexibility index (Phi) is 4.95. The number of likely N-dealkylation sites (N-methyl/N-ethyl adjacent to an activating group) is 1. The molecule has 1 N–H and O–H groups in total. The van der Waals surface area contributed by atoms with E-state index in [9.17, 15) is 9.90 Å². The third-order valence-corrected chi connectivity index (χ3v) is 6.29. The smallest absolute Gasteiger partial charge is 0.320 e. The van der Waals surface area contributed by atoms with Gasteiger partial charge in [-0.15, -0.1) is 0 Å². The lowest BCUT2D eigenvalue weighted by Gasteiger charge is -2.39. The first-order valence-electron chi connectivity index (χ1n) is 9.42. The lowest BCUT2D eigenvalue weighted by atomic mass is 9.76. The van der Waals surface area contributed by atoms with Crippen LogP contribution in [-0.4, -0.2) is 63.4 Å². The maximum absolute atomic E-state index is 11.4. The molecule has 1 aromatic heterocycles. The molecule has 25 heavy (non-hydrogen) atoms. The molecule has 1 spiro atoms. The van der Waals surface area contributed by atoms with Gasteiger partial charge in [0.25, 0.3) is 0 Å². The Balaban J connectivity index is 1.63. The van der Waals surface area contributed by atoms with Crippen molar-refractivity contribution in [3.05, 3.63) is 17.0 Å². The van der Waals surface area contributed by atoms with E-state index in [0.717, 1.165) is 51.1 Å². The molecule has 1 atom stereocenters. The third kappa shape index (κ3) is 3.47. The van der Waals surface area contributed by atoms with Gasteiger partial charge >= 0.3 is 5.97 Å². The second-order valence-electron chi connectivity index (χ2n) is 8.44. The van der Waals surface area contributed by atoms with Crippen LogP contribution in [-0.2, 0) is 11.3 Å². The number of carbonyl (C=O) groups is 1. The normalized spacial score (nSPS) is 24.5. The predicted octanol–water partition coefficient (Wildman–Crippen LogP) is 2.45. The van der Waals surface area contributed by atoms with Crippen molar-refractivity contribution in [2.45, 2.75) is 65.6 Å². The van der Waals surface area contributed by atoms with Gasteiger partial charge in [0.15, 0.2) is 0 Å². The zero-order valence-electron chi connectivity index (χ0n) is 16.2. The molecule has 1 aromatic rings. The van der Waals surface area contributed by atoms with Crippen LogP contribution in [0.25, 0.3) is 0 Å². The molecular weight excluding hydrogens is 316 g/mol. The van der Waals surface area contributed by atoms with E-state index in [0.29, 0.717) is 6.04 Å². The van der Waals surface area contributed by atoms with Crippen LogP contribution in [0.4, 0.5) is 0 Å². The Morgan fingerprint density at radius 3 is 2.44 bits per heavy atom. The van der Waals surface area contributed by atoms with Gasteiger partial charge in [-0.2, -0.15) is 5.10 Å². The molecule has 0 aromatic carbocycles. The van der Waals surface area contributed by atoms with Crippen molar-refractivity contribution < 1.29 is 9.90 Å². The van der Waals surface area contributed by atoms with Gasteiger partial charge in [0.05, 0.1) is 5.69 Å². The summed E-state index contributed by atoms with van der Waals surface area (Å²) < 4.78 is 2.12. The summed E-state index contributed by atoms with van der Waals surface area (Å²) >= 11 is 0. The molecular formula is C19H32N4O2. The largest absolute Gasteiger partial charge is 0.480 e. The minimum Gasteiger partial charge on any atom is -0.480 e. The van der Waals surface area contributed by atoms with Crippen molar-refractivity contribution in [3.8, 4) is 0 Å². The van der Waals surface area contributed by atoms with Crippen LogP contribution in [0.15, 0.2) is 0 Å². The fourth-order valence-corrected chi connectivity index (χ4v) is 4.75. The monoisotopic (exact) mass is 348 g/mol. The van der Waals surface area contributed by atoms with Crippen LogP contribution < -0.4 is 0 Å². The number of aromatic nitrogens is 2. The van der Waals surface area contributed by atoms with Gasteiger partial charge in [0.2, 0.25) is 0 Å². The Labute approximate surface area is 150 Å². The summed E-state index contributed by atoms with van der Waals surface area (Å²) in [7, 11) is 1.95. The average Bonchev–Trinajstić information content (AvgIpc) is 3.01. The molecule has 0 unspecified atom stereocenters. The first-order valence-corrected chi connectivity index (χ1v) is 9.42. The quantitative estimate of drug-likeness (QED) is 0.906. The van der Waals surface area contributed by atoms with Crippen molar-refractivity contribution in [1.82, 2.24) is 19.6 Å². The van der Waals surface area contributed by atoms with Crippen LogP contribution in [0.1, 0.15) is 56.1 Å². The molecule has 2 fully saturated rings. The van der Waals surface area contributed by atoms with Crippen LogP contribution in [0, 0.1) is 19.3 Å². The van der Waals surface area contributed by atoms with Crippen molar-refractivity contribution in [2.24, 2.45) is 5.41 Å². The highest BCUT2D eigenvalue weighted by Crippen LogP contribution is 2.43. The number of likely N-dealkylation sites (tertiary alicyclic amines) is 2. The molecule has 2 saturated heterocycles. The SMILES string of the molecule is Cc1nn(C(C)C)c(C)c1CN1CCC2(CC1)C[C@H](C(=O)O)N(C)C2. The van der Waals surface area contributed by atoms with Crippen LogP contribution in [0.5, 0.6) is 0 Å². The average molecular weight is 348 g/mol. The molecule has 3 heterocycles. The van der Waals surface area contributed by atoms with Crippen molar-refractivity contribution in [1.29, 1.82) is 0 Å². The lowest BCUT2D eigenvalue weighted by Crippen LogP contribution is -2.41. The summed E-state index contributed by atoms with van der Waals surface area (Å²) in [5, 5.41) is 14.1. The number of rotatable bonds is 4. The standard InChI is InChI=1S/C19H32N4O2/c1-13(2)23-15(4)16(14(3)20-23)11-22-8-6-19(7-9-22)10-17(18(24)25)21(5)12-19/h13,17H,6-12H2,1-5H3,(H,24,25)/t17-/m1/s1. The minimum absolute atomic E-state index is 0.195. The molecule has 0 amide bonds. The van der Waals surface area contributed by atoms with Gasteiger partial charge in [0, 0.05) is 30.4 Å². The number of carboxylic acids is 1. The number of hydrogen-bond acceptors (Lipinski definition) is 4. The maximum Gasteiger partial charge on any atom is 0.320 e. The third-order valence-electron chi connectivity index (χ3n) is 6.29. The van der Waals surface area contributed by atoms with E-state index in [1.54, 1.807) is 0 Å². The van der Waals surface area contributed by atoms with Gasteiger partial charge in [-0.3, -0.25) is 19.3 Å². The fraction of sp³-hybridized carbons (Fsp3) is 0.789. The number of carboxylic acid groups (broad SMARTS) is 1. The van der Waals surface area contributed by atoms with Gasteiger partial charge in [-0.25, -0.2) is 0 Å².